The minimum atomic E-state index is -0.909. The van der Waals surface area contributed by atoms with Gasteiger partial charge in [0.15, 0.2) is 0 Å². The monoisotopic (exact) mass is 174 g/mol. The Hall–Kier alpha value is -0.610. The van der Waals surface area contributed by atoms with Gasteiger partial charge in [-0.3, -0.25) is 4.79 Å². The first-order valence-corrected chi connectivity index (χ1v) is 4.13. The van der Waals surface area contributed by atoms with Gasteiger partial charge >= 0.3 is 5.97 Å². The van der Waals surface area contributed by atoms with Crippen LogP contribution in [0, 0.1) is 11.8 Å². The van der Waals surface area contributed by atoms with Gasteiger partial charge in [0.1, 0.15) is 0 Å². The molecule has 0 saturated heterocycles. The standard InChI is InChI=1S/C8H14O4/c1-4(8(11)12)5-2-3-6(9)7(5)10/h4-7,9-10H,2-3H2,1H3,(H,11,12). The van der Waals surface area contributed by atoms with Gasteiger partial charge in [-0.1, -0.05) is 6.92 Å². The summed E-state index contributed by atoms with van der Waals surface area (Å²) < 4.78 is 0. The van der Waals surface area contributed by atoms with Gasteiger partial charge < -0.3 is 15.3 Å². The highest BCUT2D eigenvalue weighted by atomic mass is 16.4. The number of aliphatic hydroxyl groups excluding tert-OH is 2. The van der Waals surface area contributed by atoms with Gasteiger partial charge in [0.2, 0.25) is 0 Å². The van der Waals surface area contributed by atoms with Crippen molar-refractivity contribution in [3.8, 4) is 0 Å². The topological polar surface area (TPSA) is 77.8 Å². The van der Waals surface area contributed by atoms with E-state index >= 15 is 0 Å². The first-order chi connectivity index (χ1) is 5.54. The minimum absolute atomic E-state index is 0.294. The van der Waals surface area contributed by atoms with Gasteiger partial charge in [-0.05, 0) is 12.8 Å². The van der Waals surface area contributed by atoms with E-state index in [0.717, 1.165) is 0 Å². The van der Waals surface area contributed by atoms with E-state index in [-0.39, 0.29) is 5.92 Å². The molecule has 1 aliphatic carbocycles. The van der Waals surface area contributed by atoms with Crippen molar-refractivity contribution >= 4 is 5.97 Å². The number of carboxylic acids is 1. The molecule has 1 saturated carbocycles. The van der Waals surface area contributed by atoms with E-state index in [4.69, 9.17) is 10.2 Å². The Morgan fingerprint density at radius 3 is 2.33 bits per heavy atom. The predicted octanol–water partition coefficient (Wildman–Crippen LogP) is -0.161. The maximum atomic E-state index is 10.5. The molecule has 70 valence electrons. The van der Waals surface area contributed by atoms with Crippen molar-refractivity contribution in [3.05, 3.63) is 0 Å². The third-order valence-electron chi connectivity index (χ3n) is 2.66. The van der Waals surface area contributed by atoms with E-state index in [0.29, 0.717) is 12.8 Å². The van der Waals surface area contributed by atoms with Crippen molar-refractivity contribution in [2.24, 2.45) is 11.8 Å². The number of hydrogen-bond acceptors (Lipinski definition) is 3. The van der Waals surface area contributed by atoms with Crippen LogP contribution in [-0.2, 0) is 4.79 Å². The summed E-state index contributed by atoms with van der Waals surface area (Å²) >= 11 is 0. The first-order valence-electron chi connectivity index (χ1n) is 4.13. The molecule has 0 radical (unpaired) electrons. The van der Waals surface area contributed by atoms with E-state index in [1.54, 1.807) is 6.92 Å². The minimum Gasteiger partial charge on any atom is -0.481 e. The molecule has 0 bridgehead atoms. The second-order valence-corrected chi connectivity index (χ2v) is 3.43. The van der Waals surface area contributed by atoms with Crippen LogP contribution in [0.4, 0.5) is 0 Å². The van der Waals surface area contributed by atoms with E-state index in [1.807, 2.05) is 0 Å². The molecule has 12 heavy (non-hydrogen) atoms. The van der Waals surface area contributed by atoms with Gasteiger partial charge in [0, 0.05) is 5.92 Å². The smallest absolute Gasteiger partial charge is 0.306 e. The van der Waals surface area contributed by atoms with Crippen LogP contribution in [0.25, 0.3) is 0 Å². The zero-order valence-electron chi connectivity index (χ0n) is 6.97. The van der Waals surface area contributed by atoms with E-state index in [2.05, 4.69) is 0 Å². The first kappa shape index (κ1) is 9.48. The molecule has 1 fully saturated rings. The highest BCUT2D eigenvalue weighted by Crippen LogP contribution is 2.32. The molecule has 0 aromatic rings. The molecule has 0 aliphatic heterocycles. The van der Waals surface area contributed by atoms with Crippen LogP contribution in [0.5, 0.6) is 0 Å². The summed E-state index contributed by atoms with van der Waals surface area (Å²) in [5, 5.41) is 27.2. The van der Waals surface area contributed by atoms with Gasteiger partial charge in [-0.15, -0.1) is 0 Å². The predicted molar refractivity (Wildman–Crippen MR) is 41.5 cm³/mol. The van der Waals surface area contributed by atoms with E-state index < -0.39 is 24.1 Å². The van der Waals surface area contributed by atoms with Crippen LogP contribution in [0.15, 0.2) is 0 Å². The quantitative estimate of drug-likeness (QED) is 0.543. The summed E-state index contributed by atoms with van der Waals surface area (Å²) in [6.07, 6.45) is -0.507. The van der Waals surface area contributed by atoms with Crippen molar-refractivity contribution in [1.82, 2.24) is 0 Å². The third-order valence-corrected chi connectivity index (χ3v) is 2.66. The number of hydrogen-bond donors (Lipinski definition) is 3. The van der Waals surface area contributed by atoms with Crippen molar-refractivity contribution in [2.45, 2.75) is 32.0 Å². The van der Waals surface area contributed by atoms with Crippen LogP contribution < -0.4 is 0 Å². The molecule has 0 aromatic carbocycles. The lowest BCUT2D eigenvalue weighted by atomic mass is 9.91. The molecular weight excluding hydrogens is 160 g/mol. The Morgan fingerprint density at radius 1 is 1.42 bits per heavy atom. The number of carbonyl (C=O) groups is 1. The number of carboxylic acid groups (broad SMARTS) is 1. The number of aliphatic hydroxyl groups is 2. The fraction of sp³-hybridized carbons (Fsp3) is 0.875. The van der Waals surface area contributed by atoms with Crippen LogP contribution in [0.3, 0.4) is 0 Å². The molecule has 1 rings (SSSR count). The summed E-state index contributed by atoms with van der Waals surface area (Å²) in [6, 6.07) is 0. The molecule has 0 amide bonds. The Labute approximate surface area is 70.8 Å². The maximum absolute atomic E-state index is 10.5. The fourth-order valence-electron chi connectivity index (χ4n) is 1.72. The SMILES string of the molecule is CC(C(=O)O)C1CCC(O)C1O. The molecule has 4 nitrogen and oxygen atoms in total. The Kier molecular flexibility index (Phi) is 2.69. The lowest BCUT2D eigenvalue weighted by Crippen LogP contribution is -2.32. The molecule has 4 atom stereocenters. The molecule has 0 heterocycles. The summed E-state index contributed by atoms with van der Waals surface area (Å²) in [5.74, 6) is -1.78. The van der Waals surface area contributed by atoms with E-state index in [1.165, 1.54) is 0 Å². The second kappa shape index (κ2) is 3.41. The highest BCUT2D eigenvalue weighted by Gasteiger charge is 2.39. The number of rotatable bonds is 2. The van der Waals surface area contributed by atoms with Gasteiger partial charge in [-0.25, -0.2) is 0 Å². The Balaban J connectivity index is 2.59. The molecule has 3 N–H and O–H groups in total. The van der Waals surface area contributed by atoms with Crippen LogP contribution >= 0.6 is 0 Å². The molecule has 0 aromatic heterocycles. The van der Waals surface area contributed by atoms with Crippen LogP contribution in [0.2, 0.25) is 0 Å². The zero-order valence-corrected chi connectivity index (χ0v) is 6.97. The normalized spacial score (nSPS) is 38.1. The summed E-state index contributed by atoms with van der Waals surface area (Å²) in [7, 11) is 0. The average molecular weight is 174 g/mol. The van der Waals surface area contributed by atoms with Crippen molar-refractivity contribution in [2.75, 3.05) is 0 Å². The lowest BCUT2D eigenvalue weighted by molar-refractivity contribution is -0.144. The average Bonchev–Trinajstić information content (AvgIpc) is 2.32. The van der Waals surface area contributed by atoms with Crippen molar-refractivity contribution in [1.29, 1.82) is 0 Å². The molecular formula is C8H14O4. The van der Waals surface area contributed by atoms with Crippen molar-refractivity contribution in [3.63, 3.8) is 0 Å². The second-order valence-electron chi connectivity index (χ2n) is 3.43. The van der Waals surface area contributed by atoms with Crippen LogP contribution in [-0.4, -0.2) is 33.5 Å². The van der Waals surface area contributed by atoms with Gasteiger partial charge in [-0.2, -0.15) is 0 Å². The highest BCUT2D eigenvalue weighted by molar-refractivity contribution is 5.70. The van der Waals surface area contributed by atoms with E-state index in [9.17, 15) is 9.90 Å². The lowest BCUT2D eigenvalue weighted by Gasteiger charge is -2.19. The fourth-order valence-corrected chi connectivity index (χ4v) is 1.72. The summed E-state index contributed by atoms with van der Waals surface area (Å²) in [6.45, 7) is 1.56. The molecule has 1 aliphatic rings. The van der Waals surface area contributed by atoms with Gasteiger partial charge in [0.05, 0.1) is 18.1 Å². The Bertz CT molecular complexity index is 180. The zero-order chi connectivity index (χ0) is 9.30. The summed E-state index contributed by atoms with van der Waals surface area (Å²) in [4.78, 5) is 10.5. The molecule has 4 heteroatoms. The molecule has 0 spiro atoms. The van der Waals surface area contributed by atoms with Crippen molar-refractivity contribution < 1.29 is 20.1 Å². The third kappa shape index (κ3) is 1.59. The van der Waals surface area contributed by atoms with Crippen LogP contribution in [0.1, 0.15) is 19.8 Å². The Morgan fingerprint density at radius 2 is 2.00 bits per heavy atom. The largest absolute Gasteiger partial charge is 0.481 e. The summed E-state index contributed by atoms with van der Waals surface area (Å²) in [5.41, 5.74) is 0. The molecule has 4 unspecified atom stereocenters. The number of aliphatic carboxylic acids is 1. The van der Waals surface area contributed by atoms with Gasteiger partial charge in [0.25, 0.3) is 0 Å². The maximum Gasteiger partial charge on any atom is 0.306 e.